The summed E-state index contributed by atoms with van der Waals surface area (Å²) in [4.78, 5) is 29.5. The van der Waals surface area contributed by atoms with E-state index in [1.165, 1.54) is 0 Å². The average molecular weight is 426 g/mol. The molecule has 0 bridgehead atoms. The number of hydrogen-bond donors (Lipinski definition) is 1. The summed E-state index contributed by atoms with van der Waals surface area (Å²) in [6.45, 7) is 4.03. The maximum Gasteiger partial charge on any atom is 0.321 e. The number of piperidine rings is 1. The number of benzene rings is 2. The summed E-state index contributed by atoms with van der Waals surface area (Å²) >= 11 is 1.86. The third kappa shape index (κ3) is 4.12. The number of aryl methyl sites for hydroxylation is 1. The van der Waals surface area contributed by atoms with E-state index in [-0.39, 0.29) is 16.8 Å². The van der Waals surface area contributed by atoms with Crippen molar-refractivity contribution in [2.24, 2.45) is 0 Å². The molecule has 1 N–H and O–H groups in total. The summed E-state index contributed by atoms with van der Waals surface area (Å²) in [5, 5.41) is 2.95. The lowest BCUT2D eigenvalue weighted by Crippen LogP contribution is -2.54. The van der Waals surface area contributed by atoms with Gasteiger partial charge in [-0.1, -0.05) is 17.7 Å². The van der Waals surface area contributed by atoms with Crippen molar-refractivity contribution in [1.82, 2.24) is 9.80 Å². The Balaban J connectivity index is 1.39. The Hall–Kier alpha value is -2.67. The van der Waals surface area contributed by atoms with Gasteiger partial charge in [0, 0.05) is 36.6 Å². The van der Waals surface area contributed by atoms with Crippen LogP contribution in [0.5, 0.6) is 5.75 Å². The van der Waals surface area contributed by atoms with Crippen LogP contribution in [0, 0.1) is 6.92 Å². The summed E-state index contributed by atoms with van der Waals surface area (Å²) in [7, 11) is 1.62. The lowest BCUT2D eigenvalue weighted by atomic mass is 10.0. The minimum Gasteiger partial charge on any atom is -0.497 e. The van der Waals surface area contributed by atoms with Crippen molar-refractivity contribution in [3.05, 3.63) is 59.7 Å². The monoisotopic (exact) mass is 425 g/mol. The van der Waals surface area contributed by atoms with Gasteiger partial charge in [0.15, 0.2) is 0 Å². The van der Waals surface area contributed by atoms with Crippen LogP contribution in [0.3, 0.4) is 0 Å². The molecule has 158 valence electrons. The van der Waals surface area contributed by atoms with Gasteiger partial charge < -0.3 is 19.9 Å². The minimum atomic E-state index is -0.211. The number of urea groups is 1. The lowest BCUT2D eigenvalue weighted by Gasteiger charge is -2.44. The molecule has 2 aromatic rings. The number of nitrogens with one attached hydrogen (secondary N) is 1. The zero-order valence-corrected chi connectivity index (χ0v) is 18.2. The second-order valence-corrected chi connectivity index (χ2v) is 9.22. The molecule has 0 atom stereocenters. The highest BCUT2D eigenvalue weighted by molar-refractivity contribution is 8.00. The van der Waals surface area contributed by atoms with Crippen molar-refractivity contribution in [2.75, 3.05) is 37.8 Å². The summed E-state index contributed by atoms with van der Waals surface area (Å²) in [6.07, 6.45) is 1.57. The van der Waals surface area contributed by atoms with Crippen molar-refractivity contribution in [1.29, 1.82) is 0 Å². The first kappa shape index (κ1) is 20.6. The van der Waals surface area contributed by atoms with Gasteiger partial charge in [0.1, 0.15) is 5.75 Å². The standard InChI is InChI=1S/C23H27N3O3S/c1-17-4-3-5-18(16-17)21(27)26-14-15-30-23(26)10-12-25(13-11-23)22(28)24-19-6-8-20(29-2)9-7-19/h3-9,16H,10-15H2,1-2H3,(H,24,28). The maximum atomic E-state index is 13.2. The van der Waals surface area contributed by atoms with E-state index in [4.69, 9.17) is 4.74 Å². The van der Waals surface area contributed by atoms with Crippen molar-refractivity contribution < 1.29 is 14.3 Å². The van der Waals surface area contributed by atoms with E-state index in [0.29, 0.717) is 13.1 Å². The van der Waals surface area contributed by atoms with Crippen LogP contribution in [0.15, 0.2) is 48.5 Å². The minimum absolute atomic E-state index is 0.0971. The molecular weight excluding hydrogens is 398 g/mol. The average Bonchev–Trinajstić information content (AvgIpc) is 3.17. The summed E-state index contributed by atoms with van der Waals surface area (Å²) < 4.78 is 5.15. The lowest BCUT2D eigenvalue weighted by molar-refractivity contribution is 0.0585. The fraction of sp³-hybridized carbons (Fsp3) is 0.391. The normalized spacial score (nSPS) is 17.8. The van der Waals surface area contributed by atoms with E-state index < -0.39 is 0 Å². The number of nitrogens with zero attached hydrogens (tertiary/aromatic N) is 2. The Morgan fingerprint density at radius 2 is 1.80 bits per heavy atom. The van der Waals surface area contributed by atoms with Gasteiger partial charge in [0.25, 0.3) is 5.91 Å². The van der Waals surface area contributed by atoms with Crippen molar-refractivity contribution in [2.45, 2.75) is 24.6 Å². The van der Waals surface area contributed by atoms with Crippen LogP contribution in [0.25, 0.3) is 0 Å². The number of rotatable bonds is 3. The predicted octanol–water partition coefficient (Wildman–Crippen LogP) is 4.22. The van der Waals surface area contributed by atoms with Gasteiger partial charge in [-0.3, -0.25) is 4.79 Å². The van der Waals surface area contributed by atoms with E-state index in [1.54, 1.807) is 7.11 Å². The topological polar surface area (TPSA) is 61.9 Å². The van der Waals surface area contributed by atoms with Crippen LogP contribution in [0.2, 0.25) is 0 Å². The Morgan fingerprint density at radius 1 is 1.07 bits per heavy atom. The van der Waals surface area contributed by atoms with Gasteiger partial charge in [-0.2, -0.15) is 0 Å². The highest BCUT2D eigenvalue weighted by Crippen LogP contribution is 2.44. The smallest absolute Gasteiger partial charge is 0.321 e. The Kier molecular flexibility index (Phi) is 5.90. The third-order valence-corrected chi connectivity index (χ3v) is 7.41. The molecule has 0 aromatic heterocycles. The number of carbonyl (C=O) groups is 2. The van der Waals surface area contributed by atoms with E-state index >= 15 is 0 Å². The number of thioether (sulfide) groups is 1. The first-order valence-corrected chi connectivity index (χ1v) is 11.2. The fourth-order valence-corrected chi connectivity index (χ4v) is 5.63. The number of anilines is 1. The van der Waals surface area contributed by atoms with E-state index in [2.05, 4.69) is 5.32 Å². The van der Waals surface area contributed by atoms with Gasteiger partial charge in [-0.05, 0) is 56.2 Å². The van der Waals surface area contributed by atoms with Crippen LogP contribution < -0.4 is 10.1 Å². The van der Waals surface area contributed by atoms with E-state index in [9.17, 15) is 9.59 Å². The molecular formula is C23H27N3O3S. The van der Waals surface area contributed by atoms with Crippen LogP contribution in [0.1, 0.15) is 28.8 Å². The zero-order valence-electron chi connectivity index (χ0n) is 17.4. The van der Waals surface area contributed by atoms with Crippen molar-refractivity contribution >= 4 is 29.4 Å². The van der Waals surface area contributed by atoms with Gasteiger partial charge in [-0.15, -0.1) is 11.8 Å². The molecule has 4 rings (SSSR count). The highest BCUT2D eigenvalue weighted by Gasteiger charge is 2.47. The van der Waals surface area contributed by atoms with Gasteiger partial charge in [0.05, 0.1) is 12.0 Å². The van der Waals surface area contributed by atoms with Crippen LogP contribution in [0.4, 0.5) is 10.5 Å². The number of amides is 3. The highest BCUT2D eigenvalue weighted by atomic mass is 32.2. The molecule has 3 amide bonds. The Morgan fingerprint density at radius 3 is 2.47 bits per heavy atom. The van der Waals surface area contributed by atoms with E-state index in [1.807, 2.05) is 77.0 Å². The largest absolute Gasteiger partial charge is 0.497 e. The van der Waals surface area contributed by atoms with Gasteiger partial charge >= 0.3 is 6.03 Å². The van der Waals surface area contributed by atoms with Crippen LogP contribution >= 0.6 is 11.8 Å². The third-order valence-electron chi connectivity index (χ3n) is 5.86. The molecule has 2 heterocycles. The number of likely N-dealkylation sites (tertiary alicyclic amines) is 1. The molecule has 2 fully saturated rings. The second-order valence-electron chi connectivity index (χ2n) is 7.77. The fourth-order valence-electron chi connectivity index (χ4n) is 4.18. The van der Waals surface area contributed by atoms with Crippen LogP contribution in [-0.2, 0) is 0 Å². The maximum absolute atomic E-state index is 13.2. The quantitative estimate of drug-likeness (QED) is 0.800. The molecule has 0 unspecified atom stereocenters. The van der Waals surface area contributed by atoms with Gasteiger partial charge in [-0.25, -0.2) is 4.79 Å². The summed E-state index contributed by atoms with van der Waals surface area (Å²) in [6, 6.07) is 15.0. The Labute approximate surface area is 181 Å². The van der Waals surface area contributed by atoms with Crippen molar-refractivity contribution in [3.8, 4) is 5.75 Å². The van der Waals surface area contributed by atoms with Crippen LogP contribution in [-0.4, -0.2) is 59.1 Å². The number of ether oxygens (including phenoxy) is 1. The number of methoxy groups -OCH3 is 1. The predicted molar refractivity (Wildman–Crippen MR) is 120 cm³/mol. The molecule has 1 spiro atoms. The van der Waals surface area contributed by atoms with Crippen molar-refractivity contribution in [3.63, 3.8) is 0 Å². The molecule has 2 aliphatic rings. The zero-order chi connectivity index (χ0) is 21.1. The Bertz CT molecular complexity index is 924. The molecule has 0 radical (unpaired) electrons. The summed E-state index contributed by atoms with van der Waals surface area (Å²) in [5.74, 6) is 1.79. The summed E-state index contributed by atoms with van der Waals surface area (Å²) in [5.41, 5.74) is 2.58. The number of hydrogen-bond acceptors (Lipinski definition) is 4. The van der Waals surface area contributed by atoms with Gasteiger partial charge in [0.2, 0.25) is 0 Å². The molecule has 2 saturated heterocycles. The molecule has 2 aromatic carbocycles. The second kappa shape index (κ2) is 8.60. The molecule has 6 nitrogen and oxygen atoms in total. The molecule has 0 saturated carbocycles. The first-order chi connectivity index (χ1) is 14.5. The van der Waals surface area contributed by atoms with E-state index in [0.717, 1.165) is 47.7 Å². The molecule has 30 heavy (non-hydrogen) atoms. The molecule has 2 aliphatic heterocycles. The first-order valence-electron chi connectivity index (χ1n) is 10.2. The molecule has 7 heteroatoms. The molecule has 0 aliphatic carbocycles. The number of carbonyl (C=O) groups excluding carboxylic acids is 2. The SMILES string of the molecule is COc1ccc(NC(=O)N2CCC3(CC2)SCCN3C(=O)c2cccc(C)c2)cc1.